The number of carbonyl (C=O) groups is 1. The van der Waals surface area contributed by atoms with Crippen LogP contribution in [-0.2, 0) is 4.74 Å². The van der Waals surface area contributed by atoms with Gasteiger partial charge in [-0.2, -0.15) is 0 Å². The van der Waals surface area contributed by atoms with Crippen LogP contribution in [0.1, 0.15) is 0 Å². The first-order chi connectivity index (χ1) is 6.33. The third kappa shape index (κ3) is 4.10. The van der Waals surface area contributed by atoms with Gasteiger partial charge in [-0.05, 0) is 0 Å². The van der Waals surface area contributed by atoms with Gasteiger partial charge in [0.05, 0.1) is 19.8 Å². The maximum Gasteiger partial charge on any atom is 0.336 e. The molecule has 13 heavy (non-hydrogen) atoms. The lowest BCUT2D eigenvalue weighted by Crippen LogP contribution is -2.40. The maximum atomic E-state index is 10.7. The smallest absolute Gasteiger partial charge is 0.336 e. The second-order valence-corrected chi connectivity index (χ2v) is 2.89. The zero-order valence-corrected chi connectivity index (χ0v) is 7.95. The number of nitrogens with zero attached hydrogens (tertiary/aromatic N) is 2. The van der Waals surface area contributed by atoms with E-state index in [2.05, 4.69) is 15.5 Å². The van der Waals surface area contributed by atoms with Gasteiger partial charge < -0.3 is 10.1 Å². The zero-order valence-electron chi connectivity index (χ0n) is 7.95. The maximum absolute atomic E-state index is 10.7. The van der Waals surface area contributed by atoms with Gasteiger partial charge in [-0.3, -0.25) is 4.90 Å². The monoisotopic (exact) mass is 186 g/mol. The average molecular weight is 186 g/mol. The Balaban J connectivity index is 2.01. The molecular formula is C8H16N3O2. The standard InChI is InChI=1S/C8H16N3O2/c1-9-8(12)10-2-3-11-4-6-13-7-5-11/h2-7H2,1H3,(H,9,12). The molecule has 75 valence electrons. The van der Waals surface area contributed by atoms with Crippen LogP contribution in [0.15, 0.2) is 0 Å². The van der Waals surface area contributed by atoms with E-state index in [1.165, 1.54) is 0 Å². The van der Waals surface area contributed by atoms with Gasteiger partial charge in [-0.1, -0.05) is 0 Å². The summed E-state index contributed by atoms with van der Waals surface area (Å²) in [5.41, 5.74) is 0. The minimum Gasteiger partial charge on any atom is -0.379 e. The van der Waals surface area contributed by atoms with Crippen LogP contribution in [0.2, 0.25) is 0 Å². The Morgan fingerprint density at radius 1 is 1.54 bits per heavy atom. The van der Waals surface area contributed by atoms with Crippen LogP contribution in [0, 0.1) is 0 Å². The molecule has 0 bridgehead atoms. The van der Waals surface area contributed by atoms with E-state index >= 15 is 0 Å². The molecule has 0 aliphatic carbocycles. The van der Waals surface area contributed by atoms with Gasteiger partial charge in [-0.15, -0.1) is 0 Å². The van der Waals surface area contributed by atoms with E-state index in [9.17, 15) is 4.79 Å². The average Bonchev–Trinajstić information content (AvgIpc) is 2.19. The number of amides is 2. The number of urea groups is 1. The molecule has 1 aliphatic rings. The molecule has 0 unspecified atom stereocenters. The summed E-state index contributed by atoms with van der Waals surface area (Å²) >= 11 is 0. The van der Waals surface area contributed by atoms with Crippen LogP contribution in [0.3, 0.4) is 0 Å². The van der Waals surface area contributed by atoms with Gasteiger partial charge in [0.15, 0.2) is 0 Å². The quantitative estimate of drug-likeness (QED) is 0.631. The van der Waals surface area contributed by atoms with Crippen molar-refractivity contribution in [2.75, 3.05) is 46.4 Å². The van der Waals surface area contributed by atoms with Crippen LogP contribution < -0.4 is 10.6 Å². The Bertz CT molecular complexity index is 157. The SMILES string of the molecule is CNC(=O)[N]CCN1CCOCC1. The molecule has 1 heterocycles. The second kappa shape index (κ2) is 5.77. The van der Waals surface area contributed by atoms with Crippen LogP contribution in [0.25, 0.3) is 0 Å². The van der Waals surface area contributed by atoms with E-state index in [4.69, 9.17) is 4.74 Å². The lowest BCUT2D eigenvalue weighted by atomic mass is 10.4. The van der Waals surface area contributed by atoms with Crippen molar-refractivity contribution in [3.05, 3.63) is 0 Å². The summed E-state index contributed by atoms with van der Waals surface area (Å²) < 4.78 is 5.20. The first-order valence-electron chi connectivity index (χ1n) is 4.52. The number of carbonyl (C=O) groups excluding carboxylic acids is 1. The fourth-order valence-corrected chi connectivity index (χ4v) is 1.20. The predicted octanol–water partition coefficient (Wildman–Crippen LogP) is -0.738. The summed E-state index contributed by atoms with van der Waals surface area (Å²) in [5.74, 6) is 0. The van der Waals surface area contributed by atoms with Gasteiger partial charge in [0.2, 0.25) is 0 Å². The molecule has 5 nitrogen and oxygen atoms in total. The van der Waals surface area contributed by atoms with E-state index < -0.39 is 0 Å². The van der Waals surface area contributed by atoms with Gasteiger partial charge in [0, 0.05) is 26.7 Å². The van der Waals surface area contributed by atoms with Crippen molar-refractivity contribution in [3.63, 3.8) is 0 Å². The van der Waals surface area contributed by atoms with E-state index in [1.54, 1.807) is 7.05 Å². The normalized spacial score (nSPS) is 18.2. The minimum absolute atomic E-state index is 0.242. The fourth-order valence-electron chi connectivity index (χ4n) is 1.20. The molecule has 5 heteroatoms. The van der Waals surface area contributed by atoms with Crippen molar-refractivity contribution in [1.29, 1.82) is 0 Å². The molecular weight excluding hydrogens is 170 g/mol. The number of ether oxygens (including phenoxy) is 1. The molecule has 0 aromatic heterocycles. The van der Waals surface area contributed by atoms with Crippen LogP contribution >= 0.6 is 0 Å². The van der Waals surface area contributed by atoms with Crippen LogP contribution in [0.4, 0.5) is 4.79 Å². The number of hydrogen-bond acceptors (Lipinski definition) is 3. The highest BCUT2D eigenvalue weighted by Gasteiger charge is 2.09. The molecule has 1 fully saturated rings. The highest BCUT2D eigenvalue weighted by molar-refractivity contribution is 5.73. The summed E-state index contributed by atoms with van der Waals surface area (Å²) in [5, 5.41) is 6.26. The Morgan fingerprint density at radius 3 is 2.85 bits per heavy atom. The molecule has 1 rings (SSSR count). The van der Waals surface area contributed by atoms with Crippen LogP contribution in [0.5, 0.6) is 0 Å². The van der Waals surface area contributed by atoms with E-state index in [1.807, 2.05) is 0 Å². The first-order valence-corrected chi connectivity index (χ1v) is 4.52. The van der Waals surface area contributed by atoms with Gasteiger partial charge >= 0.3 is 6.03 Å². The number of hydrogen-bond donors (Lipinski definition) is 1. The topological polar surface area (TPSA) is 55.7 Å². The molecule has 2 amide bonds. The van der Waals surface area contributed by atoms with Crippen molar-refractivity contribution in [1.82, 2.24) is 15.5 Å². The molecule has 0 spiro atoms. The van der Waals surface area contributed by atoms with E-state index in [-0.39, 0.29) is 6.03 Å². The number of morpholine rings is 1. The number of rotatable bonds is 3. The van der Waals surface area contributed by atoms with Crippen molar-refractivity contribution >= 4 is 6.03 Å². The third-order valence-electron chi connectivity index (χ3n) is 1.99. The minimum atomic E-state index is -0.242. The molecule has 0 aromatic carbocycles. The predicted molar refractivity (Wildman–Crippen MR) is 48.7 cm³/mol. The molecule has 1 saturated heterocycles. The second-order valence-electron chi connectivity index (χ2n) is 2.89. The van der Waals surface area contributed by atoms with Gasteiger partial charge in [0.25, 0.3) is 0 Å². The van der Waals surface area contributed by atoms with Crippen molar-refractivity contribution in [3.8, 4) is 0 Å². The highest BCUT2D eigenvalue weighted by atomic mass is 16.5. The van der Waals surface area contributed by atoms with Crippen LogP contribution in [-0.4, -0.2) is 57.4 Å². The Morgan fingerprint density at radius 2 is 2.23 bits per heavy atom. The van der Waals surface area contributed by atoms with E-state index in [0.29, 0.717) is 6.54 Å². The summed E-state index contributed by atoms with van der Waals surface area (Å²) in [6.45, 7) is 4.89. The van der Waals surface area contributed by atoms with Crippen molar-refractivity contribution < 1.29 is 9.53 Å². The Labute approximate surface area is 78.4 Å². The third-order valence-corrected chi connectivity index (χ3v) is 1.99. The first kappa shape index (κ1) is 10.3. The lowest BCUT2D eigenvalue weighted by Gasteiger charge is -2.25. The Kier molecular flexibility index (Phi) is 4.56. The molecule has 1 radical (unpaired) electrons. The number of nitrogens with one attached hydrogen (secondary N) is 1. The Hall–Kier alpha value is -0.810. The fraction of sp³-hybridized carbons (Fsp3) is 0.875. The molecule has 0 saturated carbocycles. The lowest BCUT2D eigenvalue weighted by molar-refractivity contribution is 0.0386. The van der Waals surface area contributed by atoms with Crippen molar-refractivity contribution in [2.24, 2.45) is 0 Å². The summed E-state index contributed by atoms with van der Waals surface area (Å²) in [7, 11) is 1.58. The molecule has 1 aliphatic heterocycles. The summed E-state index contributed by atoms with van der Waals surface area (Å²) in [4.78, 5) is 13.0. The van der Waals surface area contributed by atoms with Gasteiger partial charge in [-0.25, -0.2) is 10.1 Å². The molecule has 0 aromatic rings. The van der Waals surface area contributed by atoms with Crippen molar-refractivity contribution in [2.45, 2.75) is 0 Å². The highest BCUT2D eigenvalue weighted by Crippen LogP contribution is 1.94. The zero-order chi connectivity index (χ0) is 9.52. The largest absolute Gasteiger partial charge is 0.379 e. The molecule has 0 atom stereocenters. The molecule has 1 N–H and O–H groups in total. The van der Waals surface area contributed by atoms with E-state index in [0.717, 1.165) is 32.8 Å². The summed E-state index contributed by atoms with van der Waals surface area (Å²) in [6.07, 6.45) is 0. The summed E-state index contributed by atoms with van der Waals surface area (Å²) in [6, 6.07) is -0.242. The van der Waals surface area contributed by atoms with Gasteiger partial charge in [0.1, 0.15) is 0 Å².